The van der Waals surface area contributed by atoms with E-state index >= 15 is 0 Å². The van der Waals surface area contributed by atoms with E-state index in [1.165, 1.54) is 0 Å². The molecule has 3 rings (SSSR count). The van der Waals surface area contributed by atoms with Crippen LogP contribution in [-0.2, 0) is 6.42 Å². The van der Waals surface area contributed by atoms with E-state index in [1.807, 2.05) is 30.3 Å². The first kappa shape index (κ1) is 16.4. The molecule has 1 fully saturated rings. The van der Waals surface area contributed by atoms with Crippen molar-refractivity contribution in [3.05, 3.63) is 40.5 Å². The Morgan fingerprint density at radius 2 is 1.83 bits per heavy atom. The second-order valence-electron chi connectivity index (χ2n) is 6.08. The van der Waals surface area contributed by atoms with E-state index in [9.17, 15) is 5.11 Å². The molecule has 1 heterocycles. The Bertz CT molecular complexity index is 652. The Kier molecular flexibility index (Phi) is 5.28. The highest BCUT2D eigenvalue weighted by Crippen LogP contribution is 2.24. The van der Waals surface area contributed by atoms with Crippen molar-refractivity contribution in [2.45, 2.75) is 51.2 Å². The molecule has 0 unspecified atom stereocenters. The Morgan fingerprint density at radius 3 is 2.48 bits per heavy atom. The largest absolute Gasteiger partial charge is 0.393 e. The van der Waals surface area contributed by atoms with Crippen LogP contribution in [0.15, 0.2) is 34.8 Å². The van der Waals surface area contributed by atoms with Crippen LogP contribution in [0.1, 0.15) is 38.3 Å². The van der Waals surface area contributed by atoms with Crippen molar-refractivity contribution >= 4 is 21.7 Å². The second kappa shape index (κ2) is 7.41. The van der Waals surface area contributed by atoms with Gasteiger partial charge in [0.05, 0.1) is 6.10 Å². The fourth-order valence-corrected chi connectivity index (χ4v) is 3.17. The Morgan fingerprint density at radius 1 is 1.13 bits per heavy atom. The number of aliphatic hydroxyl groups excluding tert-OH is 1. The number of nitrogens with zero attached hydrogens (tertiary/aromatic N) is 2. The van der Waals surface area contributed by atoms with E-state index < -0.39 is 0 Å². The predicted octanol–water partition coefficient (Wildman–Crippen LogP) is 4.18. The highest BCUT2D eigenvalue weighted by Gasteiger charge is 2.19. The summed E-state index contributed by atoms with van der Waals surface area (Å²) in [5, 5.41) is 13.2. The molecular weight excluding hydrogens is 354 g/mol. The van der Waals surface area contributed by atoms with Crippen LogP contribution in [-0.4, -0.2) is 27.2 Å². The Balaban J connectivity index is 1.82. The molecule has 1 aliphatic rings. The first-order valence-corrected chi connectivity index (χ1v) is 9.02. The first-order chi connectivity index (χ1) is 11.1. The fraction of sp³-hybridized carbons (Fsp3) is 0.444. The van der Waals surface area contributed by atoms with Crippen LogP contribution in [0.5, 0.6) is 0 Å². The van der Waals surface area contributed by atoms with E-state index in [0.29, 0.717) is 6.04 Å². The minimum Gasteiger partial charge on any atom is -0.393 e. The normalized spacial score (nSPS) is 21.2. The van der Waals surface area contributed by atoms with E-state index in [-0.39, 0.29) is 6.10 Å². The van der Waals surface area contributed by atoms with E-state index in [1.54, 1.807) is 0 Å². The maximum atomic E-state index is 9.63. The van der Waals surface area contributed by atoms with Crippen molar-refractivity contribution in [2.75, 3.05) is 5.32 Å². The van der Waals surface area contributed by atoms with Gasteiger partial charge >= 0.3 is 0 Å². The Hall–Kier alpha value is -1.46. The first-order valence-electron chi connectivity index (χ1n) is 8.22. The highest BCUT2D eigenvalue weighted by molar-refractivity contribution is 9.10. The fourth-order valence-electron chi connectivity index (χ4n) is 2.91. The number of rotatable bonds is 4. The summed E-state index contributed by atoms with van der Waals surface area (Å²) in [5.41, 5.74) is 2.06. The Labute approximate surface area is 145 Å². The molecule has 0 radical (unpaired) electrons. The highest BCUT2D eigenvalue weighted by atomic mass is 79.9. The van der Waals surface area contributed by atoms with Gasteiger partial charge < -0.3 is 10.4 Å². The molecule has 0 bridgehead atoms. The van der Waals surface area contributed by atoms with Crippen molar-refractivity contribution in [3.8, 4) is 11.4 Å². The lowest BCUT2D eigenvalue weighted by Crippen LogP contribution is -2.28. The van der Waals surface area contributed by atoms with Crippen molar-refractivity contribution in [2.24, 2.45) is 0 Å². The van der Waals surface area contributed by atoms with Crippen LogP contribution in [0.4, 0.5) is 5.82 Å². The molecule has 5 heteroatoms. The zero-order chi connectivity index (χ0) is 16.2. The zero-order valence-corrected chi connectivity index (χ0v) is 14.9. The average Bonchev–Trinajstić information content (AvgIpc) is 2.57. The van der Waals surface area contributed by atoms with Gasteiger partial charge in [-0.05, 0) is 44.2 Å². The van der Waals surface area contributed by atoms with Gasteiger partial charge in [-0.3, -0.25) is 0 Å². The van der Waals surface area contributed by atoms with Crippen molar-refractivity contribution in [1.82, 2.24) is 9.97 Å². The number of aliphatic hydroxyl groups is 1. The summed E-state index contributed by atoms with van der Waals surface area (Å²) in [4.78, 5) is 9.34. The number of aromatic nitrogens is 2. The molecule has 2 aromatic rings. The number of aryl methyl sites for hydroxylation is 1. The molecule has 2 N–H and O–H groups in total. The standard InChI is InChI=1S/C18H22BrN3O/c1-2-14-11-17(20-15-7-9-16(23)10-8-15)22-18(21-14)12-3-5-13(19)6-4-12/h3-6,11,15-16,23H,2,7-10H2,1H3,(H,20,21,22). The smallest absolute Gasteiger partial charge is 0.161 e. The number of hydrogen-bond acceptors (Lipinski definition) is 4. The minimum atomic E-state index is -0.136. The molecule has 0 saturated heterocycles. The molecule has 4 nitrogen and oxygen atoms in total. The molecule has 23 heavy (non-hydrogen) atoms. The molecule has 0 aliphatic heterocycles. The van der Waals surface area contributed by atoms with Crippen LogP contribution in [0.2, 0.25) is 0 Å². The van der Waals surface area contributed by atoms with Crippen molar-refractivity contribution in [1.29, 1.82) is 0 Å². The SMILES string of the molecule is CCc1cc(NC2CCC(O)CC2)nc(-c2ccc(Br)cc2)n1. The lowest BCUT2D eigenvalue weighted by Gasteiger charge is -2.26. The van der Waals surface area contributed by atoms with Gasteiger partial charge in [0, 0.05) is 27.8 Å². The summed E-state index contributed by atoms with van der Waals surface area (Å²) in [5.74, 6) is 1.64. The number of anilines is 1. The molecule has 0 spiro atoms. The summed E-state index contributed by atoms with van der Waals surface area (Å²) < 4.78 is 1.05. The van der Waals surface area contributed by atoms with Crippen molar-refractivity contribution in [3.63, 3.8) is 0 Å². The second-order valence-corrected chi connectivity index (χ2v) is 6.99. The minimum absolute atomic E-state index is 0.136. The summed E-state index contributed by atoms with van der Waals surface area (Å²) >= 11 is 3.46. The quantitative estimate of drug-likeness (QED) is 0.841. The van der Waals surface area contributed by atoms with Crippen LogP contribution < -0.4 is 5.32 Å². The van der Waals surface area contributed by atoms with Gasteiger partial charge in [0.2, 0.25) is 0 Å². The molecule has 0 amide bonds. The number of benzene rings is 1. The van der Waals surface area contributed by atoms with Crippen LogP contribution in [0, 0.1) is 0 Å². The summed E-state index contributed by atoms with van der Waals surface area (Å²) in [7, 11) is 0. The third kappa shape index (κ3) is 4.30. The molecule has 1 aromatic carbocycles. The van der Waals surface area contributed by atoms with Gasteiger partial charge in [0.15, 0.2) is 5.82 Å². The van der Waals surface area contributed by atoms with E-state index in [2.05, 4.69) is 33.2 Å². The maximum absolute atomic E-state index is 9.63. The van der Waals surface area contributed by atoms with Gasteiger partial charge in [-0.1, -0.05) is 35.0 Å². The summed E-state index contributed by atoms with van der Waals surface area (Å²) in [6.45, 7) is 2.11. The third-order valence-electron chi connectivity index (χ3n) is 4.29. The van der Waals surface area contributed by atoms with Crippen molar-refractivity contribution < 1.29 is 5.11 Å². The van der Waals surface area contributed by atoms with Crippen LogP contribution >= 0.6 is 15.9 Å². The van der Waals surface area contributed by atoms with Gasteiger partial charge in [-0.15, -0.1) is 0 Å². The molecule has 1 aromatic heterocycles. The molecule has 122 valence electrons. The lowest BCUT2D eigenvalue weighted by molar-refractivity contribution is 0.126. The van der Waals surface area contributed by atoms with Gasteiger partial charge in [0.1, 0.15) is 5.82 Å². The van der Waals surface area contributed by atoms with E-state index in [0.717, 1.165) is 59.5 Å². The maximum Gasteiger partial charge on any atom is 0.161 e. The summed E-state index contributed by atoms with van der Waals surface area (Å²) in [6.07, 6.45) is 4.44. The monoisotopic (exact) mass is 375 g/mol. The lowest BCUT2D eigenvalue weighted by atomic mass is 9.93. The number of nitrogens with one attached hydrogen (secondary N) is 1. The van der Waals surface area contributed by atoms with Crippen LogP contribution in [0.25, 0.3) is 11.4 Å². The topological polar surface area (TPSA) is 58.0 Å². The predicted molar refractivity (Wildman–Crippen MR) is 96.4 cm³/mol. The number of hydrogen-bond donors (Lipinski definition) is 2. The van der Waals surface area contributed by atoms with Crippen LogP contribution in [0.3, 0.4) is 0 Å². The van der Waals surface area contributed by atoms with Gasteiger partial charge in [-0.25, -0.2) is 9.97 Å². The molecule has 1 saturated carbocycles. The average molecular weight is 376 g/mol. The zero-order valence-electron chi connectivity index (χ0n) is 13.3. The molecular formula is C18H22BrN3O. The van der Waals surface area contributed by atoms with Gasteiger partial charge in [0.25, 0.3) is 0 Å². The summed E-state index contributed by atoms with van der Waals surface area (Å²) in [6, 6.07) is 10.5. The van der Waals surface area contributed by atoms with Gasteiger partial charge in [-0.2, -0.15) is 0 Å². The van der Waals surface area contributed by atoms with E-state index in [4.69, 9.17) is 4.98 Å². The number of halogens is 1. The third-order valence-corrected chi connectivity index (χ3v) is 4.82. The molecule has 0 atom stereocenters. The molecule has 1 aliphatic carbocycles.